The highest BCUT2D eigenvalue weighted by Crippen LogP contribution is 2.23. The largest absolute Gasteiger partial charge is 0.370 e. The van der Waals surface area contributed by atoms with Gasteiger partial charge in [-0.3, -0.25) is 19.8 Å². The number of nitrogens with two attached hydrogens (primary N) is 2. The fraction of sp³-hybridized carbons (Fsp3) is 0.200. The molecule has 0 fully saturated rings. The van der Waals surface area contributed by atoms with Gasteiger partial charge in [-0.05, 0) is 80.6 Å². The molecule has 0 radical (unpaired) electrons. The zero-order valence-corrected chi connectivity index (χ0v) is 26.6. The lowest BCUT2D eigenvalue weighted by Gasteiger charge is -2.24. The van der Waals surface area contributed by atoms with Crippen molar-refractivity contribution < 1.29 is 4.39 Å². The van der Waals surface area contributed by atoms with Crippen LogP contribution >= 0.6 is 0 Å². The Labute approximate surface area is 276 Å². The van der Waals surface area contributed by atoms with Gasteiger partial charge in [-0.2, -0.15) is 0 Å². The van der Waals surface area contributed by atoms with Crippen molar-refractivity contribution in [3.05, 3.63) is 161 Å². The van der Waals surface area contributed by atoms with Crippen molar-refractivity contribution in [2.45, 2.75) is 39.1 Å². The third-order valence-corrected chi connectivity index (χ3v) is 8.42. The summed E-state index contributed by atoms with van der Waals surface area (Å²) in [6.07, 6.45) is 2.71. The predicted octanol–water partition coefficient (Wildman–Crippen LogP) is 7.40. The lowest BCUT2D eigenvalue weighted by molar-refractivity contribution is 0.244. The van der Waals surface area contributed by atoms with E-state index in [2.05, 4.69) is 105 Å². The first-order valence-corrected chi connectivity index (χ1v) is 16.1. The molecule has 0 amide bonds. The summed E-state index contributed by atoms with van der Waals surface area (Å²) in [4.78, 5) is 13.7. The van der Waals surface area contributed by atoms with Crippen LogP contribution in [0.25, 0.3) is 21.5 Å². The molecule has 4 N–H and O–H groups in total. The van der Waals surface area contributed by atoms with E-state index in [9.17, 15) is 4.39 Å². The Morgan fingerprint density at radius 3 is 2.09 bits per heavy atom. The first-order chi connectivity index (χ1) is 23.0. The van der Waals surface area contributed by atoms with Crippen LogP contribution in [-0.2, 0) is 32.7 Å². The number of fused-ring (bicyclic) bond motifs is 2. The molecule has 1 aromatic heterocycles. The van der Waals surface area contributed by atoms with E-state index in [0.29, 0.717) is 6.54 Å². The molecule has 0 aliphatic heterocycles. The van der Waals surface area contributed by atoms with Crippen molar-refractivity contribution in [1.82, 2.24) is 14.8 Å². The van der Waals surface area contributed by atoms with Gasteiger partial charge in [-0.1, -0.05) is 91.0 Å². The zero-order valence-electron chi connectivity index (χ0n) is 26.6. The lowest BCUT2D eigenvalue weighted by Crippen LogP contribution is -2.26. The molecule has 0 saturated heterocycles. The van der Waals surface area contributed by atoms with E-state index in [1.54, 1.807) is 6.07 Å². The number of benzene rings is 5. The first kappa shape index (κ1) is 31.9. The highest BCUT2D eigenvalue weighted by molar-refractivity contribution is 5.85. The van der Waals surface area contributed by atoms with Crippen LogP contribution < -0.4 is 11.5 Å². The van der Waals surface area contributed by atoms with Crippen LogP contribution in [0.2, 0.25) is 0 Å². The van der Waals surface area contributed by atoms with Gasteiger partial charge in [0.1, 0.15) is 5.82 Å². The average molecular weight is 625 g/mol. The first-order valence-electron chi connectivity index (χ1n) is 16.1. The molecule has 6 rings (SSSR count). The second-order valence-corrected chi connectivity index (χ2v) is 12.1. The predicted molar refractivity (Wildman–Crippen MR) is 191 cm³/mol. The summed E-state index contributed by atoms with van der Waals surface area (Å²) in [7, 11) is 0. The number of pyridine rings is 1. The Morgan fingerprint density at radius 2 is 1.30 bits per heavy atom. The smallest absolute Gasteiger partial charge is 0.185 e. The van der Waals surface area contributed by atoms with E-state index in [4.69, 9.17) is 11.5 Å². The molecular formula is C40H41FN6. The topological polar surface area (TPSA) is 83.8 Å². The second kappa shape index (κ2) is 15.5. The number of nitrogens with zero attached hydrogens (tertiary/aromatic N) is 4. The minimum absolute atomic E-state index is 0.134. The summed E-state index contributed by atoms with van der Waals surface area (Å²) in [6.45, 7) is 5.38. The van der Waals surface area contributed by atoms with Crippen LogP contribution in [0.15, 0.2) is 133 Å². The molecule has 0 saturated carbocycles. The monoisotopic (exact) mass is 624 g/mol. The van der Waals surface area contributed by atoms with E-state index in [0.717, 1.165) is 62.2 Å². The summed E-state index contributed by atoms with van der Waals surface area (Å²) < 4.78 is 13.7. The van der Waals surface area contributed by atoms with Crippen LogP contribution in [0, 0.1) is 5.82 Å². The molecule has 6 nitrogen and oxygen atoms in total. The molecule has 0 bridgehead atoms. The van der Waals surface area contributed by atoms with Gasteiger partial charge in [-0.15, -0.1) is 0 Å². The van der Waals surface area contributed by atoms with Gasteiger partial charge >= 0.3 is 0 Å². The van der Waals surface area contributed by atoms with Gasteiger partial charge in [0.05, 0.1) is 5.69 Å². The van der Waals surface area contributed by atoms with Gasteiger partial charge in [0.2, 0.25) is 0 Å². The molecule has 1 heterocycles. The SMILES string of the molecule is NC(N)=NCCCN(Cc1ccc(CN(Cc2ccc3cc(F)ccc3c2)Cc2ccccn2)cc1)Cc1cccc2ccccc12. The molecule has 6 aromatic rings. The zero-order chi connectivity index (χ0) is 32.4. The lowest BCUT2D eigenvalue weighted by atomic mass is 10.0. The van der Waals surface area contributed by atoms with Crippen molar-refractivity contribution in [3.8, 4) is 0 Å². The summed E-state index contributed by atoms with van der Waals surface area (Å²) in [5.74, 6) is -0.0811. The Balaban J connectivity index is 1.17. The maximum Gasteiger partial charge on any atom is 0.185 e. The standard InChI is InChI=1S/C40H41FN6/c41-37-19-18-34-23-32(16-17-35(34)24-37)27-47(29-38-10-3-4-20-44-38)26-31-14-12-30(13-15-31)25-46(22-6-21-45-40(42)43)28-36-9-5-8-33-7-1-2-11-39(33)36/h1-5,7-20,23-24H,6,21-22,25-29H2,(H4,42,43,45). The highest BCUT2D eigenvalue weighted by atomic mass is 19.1. The number of rotatable bonds is 14. The number of hydrogen-bond donors (Lipinski definition) is 2. The fourth-order valence-electron chi connectivity index (χ4n) is 6.17. The van der Waals surface area contributed by atoms with Crippen LogP contribution in [0.5, 0.6) is 0 Å². The molecule has 5 aromatic carbocycles. The van der Waals surface area contributed by atoms with E-state index in [-0.39, 0.29) is 11.8 Å². The third-order valence-electron chi connectivity index (χ3n) is 8.42. The maximum absolute atomic E-state index is 13.7. The number of halogens is 1. The molecule has 0 atom stereocenters. The van der Waals surface area contributed by atoms with Crippen molar-refractivity contribution in [3.63, 3.8) is 0 Å². The summed E-state index contributed by atoms with van der Waals surface area (Å²) >= 11 is 0. The van der Waals surface area contributed by atoms with Crippen molar-refractivity contribution >= 4 is 27.5 Å². The van der Waals surface area contributed by atoms with Gasteiger partial charge in [0.15, 0.2) is 5.96 Å². The molecule has 0 spiro atoms. The van der Waals surface area contributed by atoms with Crippen molar-refractivity contribution in [2.75, 3.05) is 13.1 Å². The molecule has 238 valence electrons. The van der Waals surface area contributed by atoms with Crippen LogP contribution in [0.4, 0.5) is 4.39 Å². The molecular weight excluding hydrogens is 583 g/mol. The Hall–Kier alpha value is -5.11. The number of aliphatic imine (C=N–C) groups is 1. The van der Waals surface area contributed by atoms with Gasteiger partial charge in [-0.25, -0.2) is 4.39 Å². The van der Waals surface area contributed by atoms with Crippen molar-refractivity contribution in [1.29, 1.82) is 0 Å². The normalized spacial score (nSPS) is 11.5. The second-order valence-electron chi connectivity index (χ2n) is 12.1. The number of aromatic nitrogens is 1. The summed E-state index contributed by atoms with van der Waals surface area (Å²) in [5, 5.41) is 4.48. The fourth-order valence-corrected chi connectivity index (χ4v) is 6.17. The van der Waals surface area contributed by atoms with E-state index < -0.39 is 0 Å². The van der Waals surface area contributed by atoms with Gasteiger partial charge in [0.25, 0.3) is 0 Å². The number of guanidine groups is 1. The van der Waals surface area contributed by atoms with Gasteiger partial charge < -0.3 is 11.5 Å². The third kappa shape index (κ3) is 9.00. The maximum atomic E-state index is 13.7. The average Bonchev–Trinajstić information content (AvgIpc) is 3.08. The summed E-state index contributed by atoms with van der Waals surface area (Å²) in [6, 6.07) is 41.3. The Morgan fingerprint density at radius 1 is 0.617 bits per heavy atom. The van der Waals surface area contributed by atoms with Gasteiger partial charge in [0, 0.05) is 52.0 Å². The Bertz CT molecular complexity index is 1930. The number of hydrogen-bond acceptors (Lipinski definition) is 4. The molecule has 0 aliphatic carbocycles. The van der Waals surface area contributed by atoms with Crippen LogP contribution in [0.1, 0.15) is 34.4 Å². The van der Waals surface area contributed by atoms with E-state index in [1.165, 1.54) is 39.1 Å². The van der Waals surface area contributed by atoms with Crippen molar-refractivity contribution in [2.24, 2.45) is 16.5 Å². The van der Waals surface area contributed by atoms with Crippen LogP contribution in [0.3, 0.4) is 0 Å². The minimum Gasteiger partial charge on any atom is -0.370 e. The molecule has 0 unspecified atom stereocenters. The molecule has 0 aliphatic rings. The summed E-state index contributed by atoms with van der Waals surface area (Å²) in [5.41, 5.74) is 17.2. The van der Waals surface area contributed by atoms with Crippen LogP contribution in [-0.4, -0.2) is 33.8 Å². The minimum atomic E-state index is -0.215. The van der Waals surface area contributed by atoms with E-state index in [1.807, 2.05) is 30.5 Å². The highest BCUT2D eigenvalue weighted by Gasteiger charge is 2.13. The Kier molecular flexibility index (Phi) is 10.5. The molecule has 7 heteroatoms. The quantitative estimate of drug-likeness (QED) is 0.0750. The molecule has 47 heavy (non-hydrogen) atoms. The van der Waals surface area contributed by atoms with E-state index >= 15 is 0 Å².